The van der Waals surface area contributed by atoms with Gasteiger partial charge >= 0.3 is 12.1 Å². The van der Waals surface area contributed by atoms with E-state index < -0.39 is 12.1 Å². The first-order valence-electron chi connectivity index (χ1n) is 4.91. The maximum atomic E-state index is 11.4. The molecular formula is C10H15NO4. The van der Waals surface area contributed by atoms with Gasteiger partial charge in [0.15, 0.2) is 0 Å². The van der Waals surface area contributed by atoms with Crippen LogP contribution in [0.4, 0.5) is 4.79 Å². The van der Waals surface area contributed by atoms with Crippen LogP contribution in [0.15, 0.2) is 11.8 Å². The van der Waals surface area contributed by atoms with Crippen LogP contribution >= 0.6 is 0 Å². The number of hydrogen-bond donors (Lipinski definition) is 0. The van der Waals surface area contributed by atoms with E-state index >= 15 is 0 Å². The number of rotatable bonds is 2. The Bertz CT molecular complexity index is 285. The molecule has 1 rings (SSSR count). The zero-order valence-electron chi connectivity index (χ0n) is 8.99. The predicted molar refractivity (Wildman–Crippen MR) is 53.1 cm³/mol. The van der Waals surface area contributed by atoms with Crippen LogP contribution in [0.3, 0.4) is 0 Å². The van der Waals surface area contributed by atoms with E-state index in [0.29, 0.717) is 25.3 Å². The molecule has 0 bridgehead atoms. The van der Waals surface area contributed by atoms with Gasteiger partial charge in [-0.1, -0.05) is 0 Å². The van der Waals surface area contributed by atoms with E-state index in [2.05, 4.69) is 4.74 Å². The number of hydrogen-bond acceptors (Lipinski definition) is 4. The number of esters is 1. The summed E-state index contributed by atoms with van der Waals surface area (Å²) in [6, 6.07) is 0. The van der Waals surface area contributed by atoms with Crippen LogP contribution in [0.2, 0.25) is 0 Å². The van der Waals surface area contributed by atoms with Gasteiger partial charge in [-0.05, 0) is 19.8 Å². The van der Waals surface area contributed by atoms with Gasteiger partial charge in [0.2, 0.25) is 0 Å². The molecule has 1 amide bonds. The number of carbonyl (C=O) groups is 2. The van der Waals surface area contributed by atoms with Gasteiger partial charge < -0.3 is 9.47 Å². The summed E-state index contributed by atoms with van der Waals surface area (Å²) in [6.45, 7) is 2.68. The Kier molecular flexibility index (Phi) is 4.15. The third-order valence-electron chi connectivity index (χ3n) is 2.14. The minimum absolute atomic E-state index is 0.334. The van der Waals surface area contributed by atoms with E-state index in [-0.39, 0.29) is 0 Å². The molecule has 84 valence electrons. The maximum Gasteiger partial charge on any atom is 0.414 e. The van der Waals surface area contributed by atoms with E-state index in [1.807, 2.05) is 0 Å². The van der Waals surface area contributed by atoms with Crippen molar-refractivity contribution in [3.63, 3.8) is 0 Å². The lowest BCUT2D eigenvalue weighted by molar-refractivity contribution is -0.134. The van der Waals surface area contributed by atoms with Crippen LogP contribution < -0.4 is 0 Å². The van der Waals surface area contributed by atoms with Gasteiger partial charge in [0, 0.05) is 18.3 Å². The van der Waals surface area contributed by atoms with Crippen LogP contribution in [0.5, 0.6) is 0 Å². The Labute approximate surface area is 88.6 Å². The molecule has 0 aromatic rings. The van der Waals surface area contributed by atoms with Gasteiger partial charge in [0.1, 0.15) is 0 Å². The molecular weight excluding hydrogens is 198 g/mol. The molecule has 1 saturated heterocycles. The molecule has 0 saturated carbocycles. The summed E-state index contributed by atoms with van der Waals surface area (Å²) < 4.78 is 9.37. The van der Waals surface area contributed by atoms with E-state index in [0.717, 1.165) is 6.42 Å². The Hall–Kier alpha value is -1.52. The van der Waals surface area contributed by atoms with Gasteiger partial charge in [-0.2, -0.15) is 0 Å². The van der Waals surface area contributed by atoms with Gasteiger partial charge in [0.05, 0.1) is 13.7 Å². The first kappa shape index (κ1) is 11.6. The summed E-state index contributed by atoms with van der Waals surface area (Å²) in [5.74, 6) is -0.443. The average molecular weight is 213 g/mol. The first-order chi connectivity index (χ1) is 7.19. The molecule has 0 aromatic heterocycles. The first-order valence-corrected chi connectivity index (χ1v) is 4.91. The predicted octanol–water partition coefficient (Wildman–Crippen LogP) is 1.30. The lowest BCUT2D eigenvalue weighted by Gasteiger charge is -2.16. The SMILES string of the molecule is CCOC(=O)N1CCCC1=CC(=O)OC. The lowest BCUT2D eigenvalue weighted by Crippen LogP contribution is -2.27. The van der Waals surface area contributed by atoms with Gasteiger partial charge in [-0.25, -0.2) is 9.59 Å². The molecule has 0 N–H and O–H groups in total. The number of methoxy groups -OCH3 is 1. The number of allylic oxidation sites excluding steroid dienone is 1. The molecule has 5 heteroatoms. The molecule has 1 heterocycles. The zero-order valence-corrected chi connectivity index (χ0v) is 8.99. The van der Waals surface area contributed by atoms with Crippen molar-refractivity contribution < 1.29 is 19.1 Å². The molecule has 1 fully saturated rings. The van der Waals surface area contributed by atoms with Gasteiger partial charge in [-0.3, -0.25) is 4.90 Å². The standard InChI is InChI=1S/C10H15NO4/c1-3-15-10(13)11-6-4-5-8(11)7-9(12)14-2/h7H,3-6H2,1-2H3. The van der Waals surface area contributed by atoms with E-state index in [9.17, 15) is 9.59 Å². The second-order valence-corrected chi connectivity index (χ2v) is 3.11. The largest absolute Gasteiger partial charge is 0.466 e. The number of amides is 1. The normalized spacial score (nSPS) is 18.0. The third-order valence-corrected chi connectivity index (χ3v) is 2.14. The van der Waals surface area contributed by atoms with Crippen molar-refractivity contribution in [1.82, 2.24) is 4.90 Å². The fourth-order valence-corrected chi connectivity index (χ4v) is 1.45. The third kappa shape index (κ3) is 2.97. The fourth-order valence-electron chi connectivity index (χ4n) is 1.45. The minimum atomic E-state index is -0.443. The molecule has 0 aliphatic carbocycles. The van der Waals surface area contributed by atoms with Crippen molar-refractivity contribution >= 4 is 12.1 Å². The molecule has 15 heavy (non-hydrogen) atoms. The lowest BCUT2D eigenvalue weighted by atomic mass is 10.3. The van der Waals surface area contributed by atoms with Crippen LogP contribution in [-0.4, -0.2) is 37.2 Å². The topological polar surface area (TPSA) is 55.8 Å². The van der Waals surface area contributed by atoms with Crippen LogP contribution in [0.25, 0.3) is 0 Å². The highest BCUT2D eigenvalue weighted by Crippen LogP contribution is 2.21. The quantitative estimate of drug-likeness (QED) is 0.512. The Morgan fingerprint density at radius 2 is 2.27 bits per heavy atom. The highest BCUT2D eigenvalue weighted by Gasteiger charge is 2.25. The van der Waals surface area contributed by atoms with Crippen LogP contribution in [0.1, 0.15) is 19.8 Å². The second-order valence-electron chi connectivity index (χ2n) is 3.11. The van der Waals surface area contributed by atoms with Crippen molar-refractivity contribution in [1.29, 1.82) is 0 Å². The van der Waals surface area contributed by atoms with E-state index in [1.165, 1.54) is 18.1 Å². The molecule has 0 aromatic carbocycles. The molecule has 1 aliphatic heterocycles. The molecule has 0 unspecified atom stereocenters. The summed E-state index contributed by atoms with van der Waals surface area (Å²) in [6.07, 6.45) is 2.49. The second kappa shape index (κ2) is 5.38. The highest BCUT2D eigenvalue weighted by atomic mass is 16.6. The van der Waals surface area contributed by atoms with E-state index in [1.54, 1.807) is 6.92 Å². The van der Waals surface area contributed by atoms with Crippen molar-refractivity contribution in [2.75, 3.05) is 20.3 Å². The number of ether oxygens (including phenoxy) is 2. The monoisotopic (exact) mass is 213 g/mol. The van der Waals surface area contributed by atoms with Crippen molar-refractivity contribution in [2.24, 2.45) is 0 Å². The van der Waals surface area contributed by atoms with Gasteiger partial charge in [-0.15, -0.1) is 0 Å². The number of carbonyl (C=O) groups excluding carboxylic acids is 2. The Balaban J connectivity index is 2.68. The van der Waals surface area contributed by atoms with Crippen molar-refractivity contribution in [3.8, 4) is 0 Å². The van der Waals surface area contributed by atoms with E-state index in [4.69, 9.17) is 4.74 Å². The zero-order chi connectivity index (χ0) is 11.3. The smallest absolute Gasteiger partial charge is 0.414 e. The van der Waals surface area contributed by atoms with Crippen LogP contribution in [0, 0.1) is 0 Å². The molecule has 0 spiro atoms. The number of likely N-dealkylation sites (tertiary alicyclic amines) is 1. The number of nitrogens with zero attached hydrogens (tertiary/aromatic N) is 1. The Morgan fingerprint density at radius 1 is 1.53 bits per heavy atom. The molecule has 1 aliphatic rings. The minimum Gasteiger partial charge on any atom is -0.466 e. The summed E-state index contributed by atoms with van der Waals surface area (Å²) in [7, 11) is 1.31. The summed E-state index contributed by atoms with van der Waals surface area (Å²) in [5, 5.41) is 0. The summed E-state index contributed by atoms with van der Waals surface area (Å²) in [4.78, 5) is 23.9. The van der Waals surface area contributed by atoms with Crippen LogP contribution in [-0.2, 0) is 14.3 Å². The van der Waals surface area contributed by atoms with Gasteiger partial charge in [0.25, 0.3) is 0 Å². The van der Waals surface area contributed by atoms with Crippen molar-refractivity contribution in [3.05, 3.63) is 11.8 Å². The fraction of sp³-hybridized carbons (Fsp3) is 0.600. The molecule has 0 atom stereocenters. The average Bonchev–Trinajstić information content (AvgIpc) is 2.66. The summed E-state index contributed by atoms with van der Waals surface area (Å²) in [5.41, 5.74) is 0.667. The molecule has 5 nitrogen and oxygen atoms in total. The highest BCUT2D eigenvalue weighted by molar-refractivity contribution is 5.84. The summed E-state index contributed by atoms with van der Waals surface area (Å²) >= 11 is 0. The maximum absolute atomic E-state index is 11.4. The Morgan fingerprint density at radius 3 is 2.87 bits per heavy atom. The molecule has 0 radical (unpaired) electrons. The van der Waals surface area contributed by atoms with Crippen molar-refractivity contribution in [2.45, 2.75) is 19.8 Å².